The van der Waals surface area contributed by atoms with Gasteiger partial charge < -0.3 is 16.8 Å². The third kappa shape index (κ3) is 3.26. The van der Waals surface area contributed by atoms with Crippen molar-refractivity contribution in [1.82, 2.24) is 0 Å². The summed E-state index contributed by atoms with van der Waals surface area (Å²) < 4.78 is 0.964. The first-order valence-electron chi connectivity index (χ1n) is 5.69. The maximum absolute atomic E-state index is 11.4. The second kappa shape index (κ2) is 5.32. The van der Waals surface area contributed by atoms with Crippen LogP contribution in [0.3, 0.4) is 0 Å². The van der Waals surface area contributed by atoms with Crippen molar-refractivity contribution in [2.45, 2.75) is 6.92 Å². The van der Waals surface area contributed by atoms with Gasteiger partial charge in [0.25, 0.3) is 5.91 Å². The van der Waals surface area contributed by atoms with Gasteiger partial charge in [0.15, 0.2) is 0 Å². The Bertz CT molecular complexity index is 620. The zero-order valence-corrected chi connectivity index (χ0v) is 12.0. The maximum Gasteiger partial charge on any atom is 0.250 e. The molecule has 0 aliphatic rings. The van der Waals surface area contributed by atoms with Crippen molar-refractivity contribution < 1.29 is 4.79 Å². The molecule has 0 spiro atoms. The van der Waals surface area contributed by atoms with Crippen LogP contribution < -0.4 is 16.8 Å². The lowest BCUT2D eigenvalue weighted by Crippen LogP contribution is -2.13. The van der Waals surface area contributed by atoms with Crippen LogP contribution in [-0.4, -0.2) is 5.91 Å². The molecular formula is C14H14BrN3O. The van der Waals surface area contributed by atoms with Crippen LogP contribution >= 0.6 is 15.9 Å². The first-order valence-corrected chi connectivity index (χ1v) is 6.48. The van der Waals surface area contributed by atoms with Crippen molar-refractivity contribution >= 4 is 38.9 Å². The molecule has 0 bridgehead atoms. The summed E-state index contributed by atoms with van der Waals surface area (Å²) in [6, 6.07) is 10.9. The Kier molecular flexibility index (Phi) is 3.76. The Morgan fingerprint density at radius 1 is 1.21 bits per heavy atom. The largest absolute Gasteiger partial charge is 0.399 e. The number of hydrogen-bond acceptors (Lipinski definition) is 3. The highest BCUT2D eigenvalue weighted by Gasteiger charge is 2.09. The molecule has 5 heteroatoms. The zero-order valence-electron chi connectivity index (χ0n) is 10.4. The van der Waals surface area contributed by atoms with E-state index in [-0.39, 0.29) is 0 Å². The van der Waals surface area contributed by atoms with Crippen LogP contribution in [-0.2, 0) is 0 Å². The smallest absolute Gasteiger partial charge is 0.250 e. The molecule has 0 heterocycles. The van der Waals surface area contributed by atoms with Crippen LogP contribution in [0.15, 0.2) is 40.9 Å². The summed E-state index contributed by atoms with van der Waals surface area (Å²) in [5.41, 5.74) is 14.5. The van der Waals surface area contributed by atoms with E-state index in [1.807, 2.05) is 25.1 Å². The van der Waals surface area contributed by atoms with Crippen molar-refractivity contribution in [3.63, 3.8) is 0 Å². The predicted octanol–water partition coefficient (Wildman–Crippen LogP) is 3.18. The number of amides is 1. The van der Waals surface area contributed by atoms with Crippen LogP contribution in [0.1, 0.15) is 15.9 Å². The highest BCUT2D eigenvalue weighted by Crippen LogP contribution is 2.26. The van der Waals surface area contributed by atoms with Gasteiger partial charge in [-0.1, -0.05) is 15.9 Å². The number of benzene rings is 2. The molecule has 0 saturated heterocycles. The number of anilines is 3. The van der Waals surface area contributed by atoms with Crippen molar-refractivity contribution in [3.8, 4) is 0 Å². The molecule has 0 aliphatic carbocycles. The Hall–Kier alpha value is -2.01. The fourth-order valence-electron chi connectivity index (χ4n) is 1.84. The number of carbonyl (C=O) groups is 1. The van der Waals surface area contributed by atoms with Gasteiger partial charge in [0.1, 0.15) is 0 Å². The summed E-state index contributed by atoms with van der Waals surface area (Å²) in [5.74, 6) is -0.512. The van der Waals surface area contributed by atoms with Gasteiger partial charge in [0.05, 0.1) is 11.3 Å². The van der Waals surface area contributed by atoms with Crippen LogP contribution in [0.2, 0.25) is 0 Å². The number of carbonyl (C=O) groups excluding carboxylic acids is 1. The molecule has 0 aromatic heterocycles. The molecule has 4 nitrogen and oxygen atoms in total. The van der Waals surface area contributed by atoms with Crippen molar-refractivity contribution in [2.24, 2.45) is 5.73 Å². The first kappa shape index (κ1) is 13.4. The first-order chi connectivity index (χ1) is 8.95. The van der Waals surface area contributed by atoms with E-state index in [1.165, 1.54) is 0 Å². The highest BCUT2D eigenvalue weighted by atomic mass is 79.9. The lowest BCUT2D eigenvalue weighted by atomic mass is 10.1. The van der Waals surface area contributed by atoms with E-state index in [0.29, 0.717) is 16.9 Å². The highest BCUT2D eigenvalue weighted by molar-refractivity contribution is 9.10. The third-order valence-electron chi connectivity index (χ3n) is 2.63. The van der Waals surface area contributed by atoms with E-state index in [9.17, 15) is 4.79 Å². The van der Waals surface area contributed by atoms with E-state index < -0.39 is 5.91 Å². The Labute approximate surface area is 119 Å². The van der Waals surface area contributed by atoms with Crippen molar-refractivity contribution in [1.29, 1.82) is 0 Å². The number of nitrogen functional groups attached to an aromatic ring is 1. The average molecular weight is 320 g/mol. The molecule has 0 atom stereocenters. The standard InChI is InChI=1S/C14H14BrN3O/c1-8-4-9(15)6-11(5-8)18-13-3-2-10(16)7-12(13)14(17)19/h2-7,18H,16H2,1H3,(H2,17,19). The van der Waals surface area contributed by atoms with Crippen LogP contribution in [0.25, 0.3) is 0 Å². The molecule has 2 aromatic rings. The Morgan fingerprint density at radius 3 is 2.58 bits per heavy atom. The number of nitrogens with one attached hydrogen (secondary N) is 1. The van der Waals surface area contributed by atoms with Gasteiger partial charge in [-0.2, -0.15) is 0 Å². The number of aryl methyl sites for hydroxylation is 1. The van der Waals surface area contributed by atoms with E-state index in [0.717, 1.165) is 15.7 Å². The van der Waals surface area contributed by atoms with Gasteiger partial charge in [-0.3, -0.25) is 4.79 Å². The lowest BCUT2D eigenvalue weighted by Gasteiger charge is -2.12. The maximum atomic E-state index is 11.4. The summed E-state index contributed by atoms with van der Waals surface area (Å²) in [4.78, 5) is 11.4. The van der Waals surface area contributed by atoms with Gasteiger partial charge in [-0.05, 0) is 48.9 Å². The Balaban J connectivity index is 2.40. The van der Waals surface area contributed by atoms with Crippen LogP contribution in [0, 0.1) is 6.92 Å². The molecule has 0 unspecified atom stereocenters. The molecule has 1 amide bonds. The SMILES string of the molecule is Cc1cc(Br)cc(Nc2ccc(N)cc2C(N)=O)c1. The molecule has 0 fully saturated rings. The number of nitrogens with two attached hydrogens (primary N) is 2. The minimum Gasteiger partial charge on any atom is -0.399 e. The topological polar surface area (TPSA) is 81.1 Å². The van der Waals surface area contributed by atoms with Crippen LogP contribution in [0.5, 0.6) is 0 Å². The fourth-order valence-corrected chi connectivity index (χ4v) is 2.45. The second-order valence-corrected chi connectivity index (χ2v) is 5.23. The predicted molar refractivity (Wildman–Crippen MR) is 81.5 cm³/mol. The summed E-state index contributed by atoms with van der Waals surface area (Å²) >= 11 is 3.43. The quantitative estimate of drug-likeness (QED) is 0.760. The van der Waals surface area contributed by atoms with Crippen molar-refractivity contribution in [3.05, 3.63) is 52.0 Å². The summed E-state index contributed by atoms with van der Waals surface area (Å²) in [6.45, 7) is 1.99. The van der Waals surface area contributed by atoms with E-state index >= 15 is 0 Å². The van der Waals surface area contributed by atoms with Gasteiger partial charge in [-0.15, -0.1) is 0 Å². The molecule has 98 valence electrons. The normalized spacial score (nSPS) is 10.2. The van der Waals surface area contributed by atoms with E-state index in [1.54, 1.807) is 18.2 Å². The number of hydrogen-bond donors (Lipinski definition) is 3. The zero-order chi connectivity index (χ0) is 14.0. The summed E-state index contributed by atoms with van der Waals surface area (Å²) in [6.07, 6.45) is 0. The molecule has 5 N–H and O–H groups in total. The minimum absolute atomic E-state index is 0.373. The summed E-state index contributed by atoms with van der Waals surface area (Å²) in [7, 11) is 0. The molecule has 0 radical (unpaired) electrons. The lowest BCUT2D eigenvalue weighted by molar-refractivity contribution is 0.100. The molecule has 0 aliphatic heterocycles. The molecule has 19 heavy (non-hydrogen) atoms. The van der Waals surface area contributed by atoms with Gasteiger partial charge in [0, 0.05) is 15.8 Å². The molecular weight excluding hydrogens is 306 g/mol. The van der Waals surface area contributed by atoms with Gasteiger partial charge in [-0.25, -0.2) is 0 Å². The molecule has 2 aromatic carbocycles. The van der Waals surface area contributed by atoms with Crippen LogP contribution in [0.4, 0.5) is 17.1 Å². The molecule has 2 rings (SSSR count). The third-order valence-corrected chi connectivity index (χ3v) is 3.09. The number of rotatable bonds is 3. The monoisotopic (exact) mass is 319 g/mol. The van der Waals surface area contributed by atoms with E-state index in [4.69, 9.17) is 11.5 Å². The second-order valence-electron chi connectivity index (χ2n) is 4.31. The molecule has 0 saturated carbocycles. The minimum atomic E-state index is -0.512. The van der Waals surface area contributed by atoms with Crippen molar-refractivity contribution in [2.75, 3.05) is 11.1 Å². The Morgan fingerprint density at radius 2 is 1.95 bits per heavy atom. The average Bonchev–Trinajstić information content (AvgIpc) is 2.30. The number of halogens is 1. The van der Waals surface area contributed by atoms with E-state index in [2.05, 4.69) is 21.2 Å². The van der Waals surface area contributed by atoms with Gasteiger partial charge in [0.2, 0.25) is 0 Å². The fraction of sp³-hybridized carbons (Fsp3) is 0.0714. The number of primary amides is 1. The van der Waals surface area contributed by atoms with Gasteiger partial charge >= 0.3 is 0 Å². The summed E-state index contributed by atoms with van der Waals surface area (Å²) in [5, 5.41) is 3.18.